The van der Waals surface area contributed by atoms with Crippen molar-refractivity contribution in [1.29, 1.82) is 0 Å². The fraction of sp³-hybridized carbons (Fsp3) is 0.190. The molecule has 27 heavy (non-hydrogen) atoms. The van der Waals surface area contributed by atoms with E-state index >= 15 is 0 Å². The van der Waals surface area contributed by atoms with Crippen LogP contribution in [-0.4, -0.2) is 21.8 Å². The Labute approximate surface area is 155 Å². The van der Waals surface area contributed by atoms with Crippen LogP contribution in [0, 0.1) is 0 Å². The summed E-state index contributed by atoms with van der Waals surface area (Å²) in [4.78, 5) is 31.2. The van der Waals surface area contributed by atoms with Gasteiger partial charge in [-0.25, -0.2) is 9.78 Å². The smallest absolute Gasteiger partial charge is 0.325 e. The highest BCUT2D eigenvalue weighted by atomic mass is 16.4. The monoisotopic (exact) mass is 359 g/mol. The van der Waals surface area contributed by atoms with Crippen LogP contribution < -0.4 is 5.32 Å². The lowest BCUT2D eigenvalue weighted by Crippen LogP contribution is -2.41. The quantitative estimate of drug-likeness (QED) is 0.729. The second-order valence-corrected chi connectivity index (χ2v) is 6.87. The fourth-order valence-electron chi connectivity index (χ4n) is 3.99. The zero-order valence-corrected chi connectivity index (χ0v) is 14.5. The van der Waals surface area contributed by atoms with Gasteiger partial charge in [-0.1, -0.05) is 54.6 Å². The Balaban J connectivity index is 1.42. The number of fused-ring (bicyclic) bond motifs is 2. The first-order valence-electron chi connectivity index (χ1n) is 8.90. The number of nitrogens with zero attached hydrogens (tertiary/aromatic N) is 2. The van der Waals surface area contributed by atoms with E-state index in [1.165, 1.54) is 4.90 Å². The molecule has 2 heterocycles. The van der Waals surface area contributed by atoms with Gasteiger partial charge >= 0.3 is 6.03 Å². The number of imide groups is 1. The van der Waals surface area contributed by atoms with Crippen LogP contribution in [0.2, 0.25) is 0 Å². The molecular weight excluding hydrogens is 342 g/mol. The van der Waals surface area contributed by atoms with Crippen molar-refractivity contribution in [1.82, 2.24) is 15.2 Å². The minimum Gasteiger partial charge on any atom is -0.439 e. The van der Waals surface area contributed by atoms with Crippen molar-refractivity contribution in [2.24, 2.45) is 0 Å². The number of benzene rings is 2. The van der Waals surface area contributed by atoms with Crippen molar-refractivity contribution in [2.45, 2.75) is 24.9 Å². The highest BCUT2D eigenvalue weighted by molar-refractivity contribution is 6.08. The minimum absolute atomic E-state index is 0.0153. The second kappa shape index (κ2) is 5.81. The molecule has 3 amide bonds. The van der Waals surface area contributed by atoms with Crippen LogP contribution in [-0.2, 0) is 23.3 Å². The lowest BCUT2D eigenvalue weighted by molar-refractivity contribution is -0.132. The number of aromatic nitrogens is 1. The average Bonchev–Trinajstić information content (AvgIpc) is 3.38. The van der Waals surface area contributed by atoms with Gasteiger partial charge in [0.2, 0.25) is 5.89 Å². The third-order valence-corrected chi connectivity index (χ3v) is 5.33. The van der Waals surface area contributed by atoms with Gasteiger partial charge < -0.3 is 9.73 Å². The highest BCUT2D eigenvalue weighted by Gasteiger charge is 2.55. The van der Waals surface area contributed by atoms with Crippen LogP contribution in [0.5, 0.6) is 0 Å². The largest absolute Gasteiger partial charge is 0.439 e. The van der Waals surface area contributed by atoms with Crippen molar-refractivity contribution in [3.63, 3.8) is 0 Å². The van der Waals surface area contributed by atoms with Crippen LogP contribution in [0.4, 0.5) is 4.79 Å². The molecule has 6 nitrogen and oxygen atoms in total. The van der Waals surface area contributed by atoms with E-state index in [2.05, 4.69) is 10.3 Å². The van der Waals surface area contributed by atoms with Gasteiger partial charge in [0, 0.05) is 5.56 Å². The van der Waals surface area contributed by atoms with Crippen molar-refractivity contribution in [3.8, 4) is 11.3 Å². The molecule has 0 saturated carbocycles. The summed E-state index contributed by atoms with van der Waals surface area (Å²) < 4.78 is 5.76. The third-order valence-electron chi connectivity index (χ3n) is 5.33. The summed E-state index contributed by atoms with van der Waals surface area (Å²) in [6.45, 7) is 0.0153. The standard InChI is InChI=1S/C21H17N3O3/c25-19-21(11-10-14-6-4-5-9-16(14)21)23-20(26)24(19)13-18-22-12-17(27-18)15-7-2-1-3-8-15/h1-9,12H,10-11,13H2,(H,23,26). The van der Waals surface area contributed by atoms with Gasteiger partial charge in [-0.3, -0.25) is 9.69 Å². The molecule has 1 fully saturated rings. The number of amides is 3. The van der Waals surface area contributed by atoms with E-state index < -0.39 is 11.6 Å². The highest BCUT2D eigenvalue weighted by Crippen LogP contribution is 2.41. The van der Waals surface area contributed by atoms with E-state index in [-0.39, 0.29) is 12.5 Å². The summed E-state index contributed by atoms with van der Waals surface area (Å²) >= 11 is 0. The predicted octanol–water partition coefficient (Wildman–Crippen LogP) is 3.24. The lowest BCUT2D eigenvalue weighted by atomic mass is 9.92. The molecule has 1 unspecified atom stereocenters. The van der Waals surface area contributed by atoms with E-state index in [1.807, 2.05) is 54.6 Å². The van der Waals surface area contributed by atoms with Crippen molar-refractivity contribution >= 4 is 11.9 Å². The molecule has 1 saturated heterocycles. The maximum atomic E-state index is 13.2. The Bertz CT molecular complexity index is 1040. The predicted molar refractivity (Wildman–Crippen MR) is 97.5 cm³/mol. The number of carbonyl (C=O) groups is 2. The summed E-state index contributed by atoms with van der Waals surface area (Å²) in [6, 6.07) is 17.0. The number of urea groups is 1. The molecule has 1 aliphatic carbocycles. The molecular formula is C21H17N3O3. The number of hydrogen-bond acceptors (Lipinski definition) is 4. The van der Waals surface area contributed by atoms with Gasteiger partial charge in [-0.05, 0) is 24.0 Å². The fourth-order valence-corrected chi connectivity index (χ4v) is 3.99. The van der Waals surface area contributed by atoms with E-state index in [0.29, 0.717) is 18.1 Å². The summed E-state index contributed by atoms with van der Waals surface area (Å²) in [5, 5.41) is 2.91. The van der Waals surface area contributed by atoms with E-state index in [9.17, 15) is 9.59 Å². The number of rotatable bonds is 3. The molecule has 5 rings (SSSR count). The maximum absolute atomic E-state index is 13.2. The van der Waals surface area contributed by atoms with Crippen LogP contribution in [0.15, 0.2) is 65.2 Å². The summed E-state index contributed by atoms with van der Waals surface area (Å²) in [6.07, 6.45) is 2.96. The normalized spacial score (nSPS) is 21.0. The lowest BCUT2D eigenvalue weighted by Gasteiger charge is -2.22. The number of hydrogen-bond donors (Lipinski definition) is 1. The van der Waals surface area contributed by atoms with Crippen molar-refractivity contribution < 1.29 is 14.0 Å². The van der Waals surface area contributed by atoms with E-state index in [1.54, 1.807) is 6.20 Å². The second-order valence-electron chi connectivity index (χ2n) is 6.87. The Hall–Kier alpha value is -3.41. The zero-order valence-electron chi connectivity index (χ0n) is 14.5. The zero-order chi connectivity index (χ0) is 18.4. The number of oxazole rings is 1. The average molecular weight is 359 g/mol. The molecule has 1 aromatic heterocycles. The first-order chi connectivity index (χ1) is 13.2. The summed E-state index contributed by atoms with van der Waals surface area (Å²) in [7, 11) is 0. The first kappa shape index (κ1) is 15.8. The summed E-state index contributed by atoms with van der Waals surface area (Å²) in [5.41, 5.74) is 1.94. The van der Waals surface area contributed by atoms with Gasteiger partial charge in [-0.15, -0.1) is 0 Å². The molecule has 2 aromatic carbocycles. The van der Waals surface area contributed by atoms with Crippen molar-refractivity contribution in [2.75, 3.05) is 0 Å². The van der Waals surface area contributed by atoms with Gasteiger partial charge in [0.15, 0.2) is 5.76 Å². The molecule has 3 aromatic rings. The molecule has 0 radical (unpaired) electrons. The Kier molecular flexibility index (Phi) is 3.40. The molecule has 1 N–H and O–H groups in total. The van der Waals surface area contributed by atoms with Gasteiger partial charge in [-0.2, -0.15) is 0 Å². The molecule has 134 valence electrons. The number of aryl methyl sites for hydroxylation is 1. The molecule has 0 bridgehead atoms. The minimum atomic E-state index is -0.956. The Morgan fingerprint density at radius 3 is 2.70 bits per heavy atom. The van der Waals surface area contributed by atoms with E-state index in [4.69, 9.17) is 4.42 Å². The van der Waals surface area contributed by atoms with E-state index in [0.717, 1.165) is 23.1 Å². The van der Waals surface area contributed by atoms with Gasteiger partial charge in [0.1, 0.15) is 12.1 Å². The topological polar surface area (TPSA) is 75.4 Å². The third kappa shape index (κ3) is 2.37. The van der Waals surface area contributed by atoms with Gasteiger partial charge in [0.25, 0.3) is 5.91 Å². The SMILES string of the molecule is O=C1NC2(CCc3ccccc32)C(=O)N1Cc1ncc(-c2ccccc2)o1. The van der Waals surface area contributed by atoms with Crippen molar-refractivity contribution in [3.05, 3.63) is 77.8 Å². The van der Waals surface area contributed by atoms with Crippen LogP contribution in [0.1, 0.15) is 23.4 Å². The maximum Gasteiger partial charge on any atom is 0.325 e. The first-order valence-corrected chi connectivity index (χ1v) is 8.90. The summed E-state index contributed by atoms with van der Waals surface area (Å²) in [5.74, 6) is 0.705. The number of nitrogens with one attached hydrogen (secondary N) is 1. The number of carbonyl (C=O) groups excluding carboxylic acids is 2. The molecule has 1 aliphatic heterocycles. The van der Waals surface area contributed by atoms with Crippen LogP contribution in [0.25, 0.3) is 11.3 Å². The molecule has 1 atom stereocenters. The molecule has 1 spiro atoms. The van der Waals surface area contributed by atoms with Gasteiger partial charge in [0.05, 0.1) is 6.20 Å². The van der Waals surface area contributed by atoms with Crippen LogP contribution in [0.3, 0.4) is 0 Å². The van der Waals surface area contributed by atoms with Crippen LogP contribution >= 0.6 is 0 Å². The Morgan fingerprint density at radius 1 is 1.07 bits per heavy atom. The molecule has 6 heteroatoms. The Morgan fingerprint density at radius 2 is 1.85 bits per heavy atom. The molecule has 2 aliphatic rings.